The van der Waals surface area contributed by atoms with E-state index in [9.17, 15) is 13.9 Å². The third-order valence-electron chi connectivity index (χ3n) is 2.33. The Bertz CT molecular complexity index is 401. The second-order valence-corrected chi connectivity index (χ2v) is 3.69. The molecule has 0 spiro atoms. The van der Waals surface area contributed by atoms with Crippen LogP contribution in [0.5, 0.6) is 0 Å². The van der Waals surface area contributed by atoms with Gasteiger partial charge < -0.3 is 10.4 Å². The zero-order valence-corrected chi connectivity index (χ0v) is 9.42. The van der Waals surface area contributed by atoms with Crippen molar-refractivity contribution in [3.63, 3.8) is 0 Å². The van der Waals surface area contributed by atoms with Crippen molar-refractivity contribution in [2.45, 2.75) is 18.9 Å². The van der Waals surface area contributed by atoms with Crippen LogP contribution in [0.4, 0.5) is 8.78 Å². The summed E-state index contributed by atoms with van der Waals surface area (Å²) in [5, 5.41) is 12.6. The summed E-state index contributed by atoms with van der Waals surface area (Å²) in [6, 6.07) is 3.03. The SMILES string of the molecule is C#CCCCNCC(O)c1cc(F)ccc1F. The van der Waals surface area contributed by atoms with Gasteiger partial charge in [-0.05, 0) is 31.2 Å². The van der Waals surface area contributed by atoms with Gasteiger partial charge in [-0.15, -0.1) is 12.3 Å². The topological polar surface area (TPSA) is 32.3 Å². The van der Waals surface area contributed by atoms with Gasteiger partial charge in [0.1, 0.15) is 11.6 Å². The van der Waals surface area contributed by atoms with Crippen molar-refractivity contribution in [2.24, 2.45) is 0 Å². The Labute approximate surface area is 99.7 Å². The van der Waals surface area contributed by atoms with Gasteiger partial charge in [0.25, 0.3) is 0 Å². The molecule has 1 aromatic carbocycles. The minimum atomic E-state index is -1.06. The highest BCUT2D eigenvalue weighted by molar-refractivity contribution is 5.21. The van der Waals surface area contributed by atoms with E-state index in [-0.39, 0.29) is 12.1 Å². The van der Waals surface area contributed by atoms with E-state index in [0.717, 1.165) is 24.6 Å². The highest BCUT2D eigenvalue weighted by Gasteiger charge is 2.13. The molecule has 0 aliphatic heterocycles. The van der Waals surface area contributed by atoms with Gasteiger partial charge in [-0.3, -0.25) is 0 Å². The molecule has 0 saturated heterocycles. The summed E-state index contributed by atoms with van der Waals surface area (Å²) in [7, 11) is 0. The fraction of sp³-hybridized carbons (Fsp3) is 0.385. The van der Waals surface area contributed by atoms with Crippen LogP contribution in [0.3, 0.4) is 0 Å². The molecule has 0 bridgehead atoms. The maximum atomic E-state index is 13.3. The molecule has 92 valence electrons. The molecule has 0 saturated carbocycles. The van der Waals surface area contributed by atoms with E-state index in [1.807, 2.05) is 0 Å². The first kappa shape index (κ1) is 13.6. The maximum absolute atomic E-state index is 13.3. The summed E-state index contributed by atoms with van der Waals surface area (Å²) in [6.45, 7) is 0.809. The number of hydrogen-bond donors (Lipinski definition) is 2. The number of hydrogen-bond acceptors (Lipinski definition) is 2. The van der Waals surface area contributed by atoms with Crippen molar-refractivity contribution in [3.05, 3.63) is 35.4 Å². The number of nitrogens with one attached hydrogen (secondary N) is 1. The van der Waals surface area contributed by atoms with Gasteiger partial charge >= 0.3 is 0 Å². The number of benzene rings is 1. The van der Waals surface area contributed by atoms with Crippen molar-refractivity contribution in [3.8, 4) is 12.3 Å². The van der Waals surface area contributed by atoms with E-state index in [0.29, 0.717) is 13.0 Å². The highest BCUT2D eigenvalue weighted by atomic mass is 19.1. The third-order valence-corrected chi connectivity index (χ3v) is 2.33. The van der Waals surface area contributed by atoms with Crippen molar-refractivity contribution in [1.82, 2.24) is 5.32 Å². The van der Waals surface area contributed by atoms with Gasteiger partial charge in [-0.25, -0.2) is 8.78 Å². The van der Waals surface area contributed by atoms with Crippen molar-refractivity contribution < 1.29 is 13.9 Å². The maximum Gasteiger partial charge on any atom is 0.129 e. The monoisotopic (exact) mass is 239 g/mol. The molecule has 0 fully saturated rings. The number of aliphatic hydroxyl groups excluding tert-OH is 1. The smallest absolute Gasteiger partial charge is 0.129 e. The fourth-order valence-corrected chi connectivity index (χ4v) is 1.43. The third kappa shape index (κ3) is 4.51. The molecule has 1 rings (SSSR count). The first-order valence-electron chi connectivity index (χ1n) is 5.42. The molecular weight excluding hydrogens is 224 g/mol. The Kier molecular flexibility index (Phi) is 5.61. The first-order chi connectivity index (χ1) is 8.15. The Morgan fingerprint density at radius 3 is 2.88 bits per heavy atom. The van der Waals surface area contributed by atoms with Gasteiger partial charge in [-0.1, -0.05) is 0 Å². The molecule has 0 aromatic heterocycles. The minimum Gasteiger partial charge on any atom is -0.387 e. The van der Waals surface area contributed by atoms with Gasteiger partial charge in [0.05, 0.1) is 6.10 Å². The summed E-state index contributed by atoms with van der Waals surface area (Å²) in [4.78, 5) is 0. The molecule has 1 atom stereocenters. The largest absolute Gasteiger partial charge is 0.387 e. The molecule has 1 aromatic rings. The molecule has 0 aliphatic rings. The second-order valence-electron chi connectivity index (χ2n) is 3.69. The zero-order chi connectivity index (χ0) is 12.7. The number of unbranched alkanes of at least 4 members (excludes halogenated alkanes) is 1. The van der Waals surface area contributed by atoms with Crippen LogP contribution in [0.1, 0.15) is 24.5 Å². The molecule has 0 radical (unpaired) electrons. The number of rotatable bonds is 6. The number of aliphatic hydroxyl groups is 1. The summed E-state index contributed by atoms with van der Waals surface area (Å²) < 4.78 is 26.1. The van der Waals surface area contributed by atoms with Crippen LogP contribution in [0.2, 0.25) is 0 Å². The number of halogens is 2. The van der Waals surface area contributed by atoms with Crippen LogP contribution in [-0.4, -0.2) is 18.2 Å². The average molecular weight is 239 g/mol. The quantitative estimate of drug-likeness (QED) is 0.588. The molecule has 1 unspecified atom stereocenters. The van der Waals surface area contributed by atoms with Gasteiger partial charge in [-0.2, -0.15) is 0 Å². The van der Waals surface area contributed by atoms with Crippen LogP contribution in [0.25, 0.3) is 0 Å². The summed E-state index contributed by atoms with van der Waals surface area (Å²) >= 11 is 0. The fourth-order valence-electron chi connectivity index (χ4n) is 1.43. The first-order valence-corrected chi connectivity index (χ1v) is 5.42. The molecule has 2 N–H and O–H groups in total. The normalized spacial score (nSPS) is 12.1. The standard InChI is InChI=1S/C13H15F2NO/c1-2-3-4-7-16-9-13(17)11-8-10(14)5-6-12(11)15/h1,5-6,8,13,16-17H,3-4,7,9H2. The van der Waals surface area contributed by atoms with E-state index < -0.39 is 17.7 Å². The Morgan fingerprint density at radius 2 is 2.18 bits per heavy atom. The highest BCUT2D eigenvalue weighted by Crippen LogP contribution is 2.17. The van der Waals surface area contributed by atoms with Gasteiger partial charge in [0.15, 0.2) is 0 Å². The average Bonchev–Trinajstić information content (AvgIpc) is 2.32. The molecule has 17 heavy (non-hydrogen) atoms. The van der Waals surface area contributed by atoms with Crippen LogP contribution in [-0.2, 0) is 0 Å². The molecule has 0 amide bonds. The molecule has 0 aliphatic carbocycles. The lowest BCUT2D eigenvalue weighted by atomic mass is 10.1. The minimum absolute atomic E-state index is 0.0329. The van der Waals surface area contributed by atoms with Gasteiger partial charge in [0.2, 0.25) is 0 Å². The van der Waals surface area contributed by atoms with Crippen molar-refractivity contribution in [2.75, 3.05) is 13.1 Å². The van der Waals surface area contributed by atoms with Crippen LogP contribution < -0.4 is 5.32 Å². The van der Waals surface area contributed by atoms with E-state index in [4.69, 9.17) is 6.42 Å². The summed E-state index contributed by atoms with van der Waals surface area (Å²) in [6.07, 6.45) is 5.46. The van der Waals surface area contributed by atoms with Crippen LogP contribution in [0, 0.1) is 24.0 Å². The Morgan fingerprint density at radius 1 is 1.41 bits per heavy atom. The lowest BCUT2D eigenvalue weighted by molar-refractivity contribution is 0.169. The molecule has 2 nitrogen and oxygen atoms in total. The number of terminal acetylenes is 1. The molecule has 4 heteroatoms. The van der Waals surface area contributed by atoms with E-state index >= 15 is 0 Å². The predicted molar refractivity (Wildman–Crippen MR) is 62.3 cm³/mol. The summed E-state index contributed by atoms with van der Waals surface area (Å²) in [5.41, 5.74) is -0.0329. The van der Waals surface area contributed by atoms with Gasteiger partial charge in [0, 0.05) is 18.5 Å². The van der Waals surface area contributed by atoms with Crippen molar-refractivity contribution >= 4 is 0 Å². The van der Waals surface area contributed by atoms with E-state index in [1.165, 1.54) is 0 Å². The lowest BCUT2D eigenvalue weighted by Gasteiger charge is -2.12. The zero-order valence-electron chi connectivity index (χ0n) is 9.42. The predicted octanol–water partition coefficient (Wildman–Crippen LogP) is 2.00. The molecule has 0 heterocycles. The van der Waals surface area contributed by atoms with Crippen LogP contribution >= 0.6 is 0 Å². The van der Waals surface area contributed by atoms with Crippen LogP contribution in [0.15, 0.2) is 18.2 Å². The Balaban J connectivity index is 2.44. The summed E-state index contributed by atoms with van der Waals surface area (Å²) in [5.74, 6) is 1.32. The second kappa shape index (κ2) is 7.00. The lowest BCUT2D eigenvalue weighted by Crippen LogP contribution is -2.23. The van der Waals surface area contributed by atoms with Crippen molar-refractivity contribution in [1.29, 1.82) is 0 Å². The Hall–Kier alpha value is -1.44. The molecular formula is C13H15F2NO. The van der Waals surface area contributed by atoms with E-state index in [2.05, 4.69) is 11.2 Å². The van der Waals surface area contributed by atoms with E-state index in [1.54, 1.807) is 0 Å².